The fourth-order valence-electron chi connectivity index (χ4n) is 3.01. The van der Waals surface area contributed by atoms with E-state index in [9.17, 15) is 14.4 Å². The molecule has 1 heterocycles. The molecule has 0 aliphatic carbocycles. The molecule has 1 aromatic heterocycles. The summed E-state index contributed by atoms with van der Waals surface area (Å²) in [5, 5.41) is 12.4. The van der Waals surface area contributed by atoms with E-state index in [2.05, 4.69) is 5.32 Å². The fourth-order valence-corrected chi connectivity index (χ4v) is 3.01. The third-order valence-corrected chi connectivity index (χ3v) is 4.55. The molecule has 0 bridgehead atoms. The van der Waals surface area contributed by atoms with Gasteiger partial charge in [0.1, 0.15) is 11.3 Å². The molecule has 8 heteroatoms. The number of nitrogen functional groups attached to an aromatic ring is 1. The van der Waals surface area contributed by atoms with Gasteiger partial charge in [0.05, 0.1) is 24.0 Å². The van der Waals surface area contributed by atoms with Crippen LogP contribution in [0.3, 0.4) is 0 Å². The van der Waals surface area contributed by atoms with Crippen LogP contribution in [0.5, 0.6) is 5.75 Å². The number of benzene rings is 2. The normalized spacial score (nSPS) is 11.4. The second-order valence-electron chi connectivity index (χ2n) is 6.65. The van der Waals surface area contributed by atoms with Gasteiger partial charge in [-0.05, 0) is 48.4 Å². The molecule has 0 aliphatic heterocycles. The number of allylic oxidation sites excluding steroid dienone is 1. The number of nitrogens with one attached hydrogen (secondary N) is 1. The van der Waals surface area contributed by atoms with Crippen LogP contribution in [0.1, 0.15) is 40.3 Å². The maximum absolute atomic E-state index is 12.5. The summed E-state index contributed by atoms with van der Waals surface area (Å²) in [6.07, 6.45) is 1.37. The van der Waals surface area contributed by atoms with E-state index >= 15 is 0 Å². The third-order valence-electron chi connectivity index (χ3n) is 4.55. The molecule has 3 rings (SSSR count). The number of amides is 1. The lowest BCUT2D eigenvalue weighted by Gasteiger charge is -2.10. The van der Waals surface area contributed by atoms with Crippen LogP contribution in [-0.2, 0) is 4.79 Å². The van der Waals surface area contributed by atoms with Crippen LogP contribution in [0.4, 0.5) is 11.4 Å². The molecule has 3 aromatic rings. The Balaban J connectivity index is 1.89. The van der Waals surface area contributed by atoms with Gasteiger partial charge in [-0.15, -0.1) is 0 Å². The van der Waals surface area contributed by atoms with Crippen molar-refractivity contribution < 1.29 is 28.6 Å². The van der Waals surface area contributed by atoms with Crippen molar-refractivity contribution in [3.8, 4) is 5.75 Å². The molecule has 0 unspecified atom stereocenters. The first-order valence-electron chi connectivity index (χ1n) is 8.95. The number of carboxylic acid groups (broad SMARTS) is 1. The lowest BCUT2D eigenvalue weighted by Crippen LogP contribution is -2.10. The smallest absolute Gasteiger partial charge is 0.335 e. The van der Waals surface area contributed by atoms with Crippen molar-refractivity contribution in [2.45, 2.75) is 13.8 Å². The molecule has 0 saturated heterocycles. The number of aromatic carboxylic acids is 1. The first-order valence-corrected chi connectivity index (χ1v) is 8.95. The van der Waals surface area contributed by atoms with Crippen LogP contribution < -0.4 is 15.8 Å². The standard InChI is InChI=1S/C22H20N2O6/c1-11(13-4-6-17-15(9-13)20(23)21(30-17)12(2)25)8-19(26)24-16-10-14(22(27)28)5-7-18(16)29-3/h4-10H,23H2,1-3H3,(H,24,26)(H,27,28)/b11-8+. The van der Waals surface area contributed by atoms with Crippen LogP contribution in [-0.4, -0.2) is 29.9 Å². The number of carbonyl (C=O) groups excluding carboxylic acids is 2. The number of hydrogen-bond acceptors (Lipinski definition) is 6. The van der Waals surface area contributed by atoms with Crippen molar-refractivity contribution in [2.75, 3.05) is 18.2 Å². The topological polar surface area (TPSA) is 132 Å². The van der Waals surface area contributed by atoms with Crippen LogP contribution in [0, 0.1) is 0 Å². The van der Waals surface area contributed by atoms with Gasteiger partial charge < -0.3 is 25.3 Å². The number of furan rings is 1. The number of nitrogens with two attached hydrogens (primary N) is 1. The Bertz CT molecular complexity index is 1210. The minimum atomic E-state index is -1.11. The SMILES string of the molecule is COc1ccc(C(=O)O)cc1NC(=O)/C=C(\C)c1ccc2oc(C(C)=O)c(N)c2c1. The maximum Gasteiger partial charge on any atom is 0.335 e. The Morgan fingerprint density at radius 1 is 1.10 bits per heavy atom. The molecule has 0 spiro atoms. The quantitative estimate of drug-likeness (QED) is 0.415. The van der Waals surface area contributed by atoms with Crippen LogP contribution >= 0.6 is 0 Å². The predicted molar refractivity (Wildman–Crippen MR) is 113 cm³/mol. The molecule has 0 fully saturated rings. The van der Waals surface area contributed by atoms with E-state index in [1.54, 1.807) is 25.1 Å². The highest BCUT2D eigenvalue weighted by Crippen LogP contribution is 2.31. The summed E-state index contributed by atoms with van der Waals surface area (Å²) in [6, 6.07) is 9.35. The van der Waals surface area contributed by atoms with Gasteiger partial charge in [0, 0.05) is 18.4 Å². The van der Waals surface area contributed by atoms with Crippen LogP contribution in [0.15, 0.2) is 46.9 Å². The van der Waals surface area contributed by atoms with E-state index in [-0.39, 0.29) is 28.5 Å². The molecule has 8 nitrogen and oxygen atoms in total. The number of Topliss-reactive ketones (excluding diaryl/α,β-unsaturated/α-hetero) is 1. The summed E-state index contributed by atoms with van der Waals surface area (Å²) < 4.78 is 10.6. The average molecular weight is 408 g/mol. The molecular weight excluding hydrogens is 388 g/mol. The lowest BCUT2D eigenvalue weighted by molar-refractivity contribution is -0.111. The highest BCUT2D eigenvalue weighted by Gasteiger charge is 2.16. The van der Waals surface area contributed by atoms with Gasteiger partial charge >= 0.3 is 5.97 Å². The number of ether oxygens (including phenoxy) is 1. The van der Waals surface area contributed by atoms with Crippen LogP contribution in [0.2, 0.25) is 0 Å². The second-order valence-corrected chi connectivity index (χ2v) is 6.65. The van der Waals surface area contributed by atoms with E-state index in [0.29, 0.717) is 27.9 Å². The van der Waals surface area contributed by atoms with Crippen molar-refractivity contribution in [3.05, 3.63) is 59.4 Å². The van der Waals surface area contributed by atoms with E-state index < -0.39 is 11.9 Å². The Morgan fingerprint density at radius 2 is 1.80 bits per heavy atom. The molecule has 0 saturated carbocycles. The number of carbonyl (C=O) groups is 3. The van der Waals surface area contributed by atoms with Gasteiger partial charge in [0.15, 0.2) is 11.5 Å². The molecule has 0 atom stereocenters. The summed E-state index contributed by atoms with van der Waals surface area (Å²) in [5.41, 5.74) is 8.36. The first-order chi connectivity index (χ1) is 14.2. The van der Waals surface area contributed by atoms with Gasteiger partial charge in [0.25, 0.3) is 0 Å². The number of anilines is 2. The molecule has 2 aromatic carbocycles. The van der Waals surface area contributed by atoms with Gasteiger partial charge in [-0.25, -0.2) is 4.79 Å². The molecule has 154 valence electrons. The lowest BCUT2D eigenvalue weighted by atomic mass is 10.0. The zero-order valence-corrected chi connectivity index (χ0v) is 16.6. The number of carboxylic acids is 1. The number of methoxy groups -OCH3 is 1. The molecule has 0 radical (unpaired) electrons. The van der Waals surface area contributed by atoms with Crippen molar-refractivity contribution >= 4 is 45.6 Å². The van der Waals surface area contributed by atoms with Crippen molar-refractivity contribution in [1.29, 1.82) is 0 Å². The zero-order valence-electron chi connectivity index (χ0n) is 16.6. The Kier molecular flexibility index (Phi) is 5.59. The number of fused-ring (bicyclic) bond motifs is 1. The highest BCUT2D eigenvalue weighted by atomic mass is 16.5. The Labute approximate surface area is 171 Å². The van der Waals surface area contributed by atoms with Gasteiger partial charge in [-0.2, -0.15) is 0 Å². The second kappa shape index (κ2) is 8.12. The number of rotatable bonds is 6. The third kappa shape index (κ3) is 4.02. The van der Waals surface area contributed by atoms with Gasteiger partial charge in [-0.1, -0.05) is 6.07 Å². The maximum atomic E-state index is 12.5. The monoisotopic (exact) mass is 408 g/mol. The molecule has 30 heavy (non-hydrogen) atoms. The van der Waals surface area contributed by atoms with Crippen molar-refractivity contribution in [2.24, 2.45) is 0 Å². The minimum Gasteiger partial charge on any atom is -0.495 e. The number of ketones is 1. The van der Waals surface area contributed by atoms with Gasteiger partial charge in [0.2, 0.25) is 5.91 Å². The minimum absolute atomic E-state index is 0.0222. The summed E-state index contributed by atoms with van der Waals surface area (Å²) in [5.74, 6) is -1.40. The Hall–Kier alpha value is -4.07. The van der Waals surface area contributed by atoms with E-state index in [0.717, 1.165) is 0 Å². The van der Waals surface area contributed by atoms with E-state index in [1.807, 2.05) is 0 Å². The highest BCUT2D eigenvalue weighted by molar-refractivity contribution is 6.08. The van der Waals surface area contributed by atoms with Crippen molar-refractivity contribution in [3.63, 3.8) is 0 Å². The predicted octanol–water partition coefficient (Wildman–Crippen LogP) is 3.97. The number of hydrogen-bond donors (Lipinski definition) is 3. The van der Waals surface area contributed by atoms with E-state index in [4.69, 9.17) is 20.0 Å². The van der Waals surface area contributed by atoms with Gasteiger partial charge in [-0.3, -0.25) is 9.59 Å². The molecule has 0 aliphatic rings. The summed E-state index contributed by atoms with van der Waals surface area (Å²) in [4.78, 5) is 35.3. The summed E-state index contributed by atoms with van der Waals surface area (Å²) in [7, 11) is 1.42. The zero-order chi connectivity index (χ0) is 22.0. The largest absolute Gasteiger partial charge is 0.495 e. The summed E-state index contributed by atoms with van der Waals surface area (Å²) in [6.45, 7) is 3.12. The van der Waals surface area contributed by atoms with Crippen LogP contribution in [0.25, 0.3) is 16.5 Å². The van der Waals surface area contributed by atoms with E-state index in [1.165, 1.54) is 38.3 Å². The fraction of sp³-hybridized carbons (Fsp3) is 0.136. The average Bonchev–Trinajstić information content (AvgIpc) is 3.04. The molecule has 4 N–H and O–H groups in total. The summed E-state index contributed by atoms with van der Waals surface area (Å²) >= 11 is 0. The van der Waals surface area contributed by atoms with Crippen molar-refractivity contribution in [1.82, 2.24) is 0 Å². The molecule has 1 amide bonds. The molecular formula is C22H20N2O6. The first kappa shape index (κ1) is 20.7. The Morgan fingerprint density at radius 3 is 2.43 bits per heavy atom.